The van der Waals surface area contributed by atoms with E-state index in [1.54, 1.807) is 0 Å². The summed E-state index contributed by atoms with van der Waals surface area (Å²) < 4.78 is 0. The van der Waals surface area contributed by atoms with Gasteiger partial charge in [0.05, 0.1) is 0 Å². The zero-order valence-electron chi connectivity index (χ0n) is 14.8. The van der Waals surface area contributed by atoms with E-state index in [1.807, 2.05) is 0 Å². The molecule has 0 unspecified atom stereocenters. The molecule has 1 rings (SSSR count). The van der Waals surface area contributed by atoms with Gasteiger partial charge in [-0.25, -0.2) is 9.97 Å². The first kappa shape index (κ1) is 18.1. The topological polar surface area (TPSA) is 37.8 Å². The molecule has 0 fully saturated rings. The molecule has 0 saturated heterocycles. The maximum absolute atomic E-state index is 4.81. The van der Waals surface area contributed by atoms with Crippen LogP contribution in [0.4, 0.5) is 0 Å². The van der Waals surface area contributed by atoms with E-state index >= 15 is 0 Å². The predicted molar refractivity (Wildman–Crippen MR) is 90.9 cm³/mol. The number of nitrogens with zero attached hydrogens (tertiary/aromatic N) is 2. The molecular weight excluding hydrogens is 258 g/mol. The van der Waals surface area contributed by atoms with Gasteiger partial charge >= 0.3 is 0 Å². The Morgan fingerprint density at radius 2 is 1.48 bits per heavy atom. The lowest BCUT2D eigenvalue weighted by Crippen LogP contribution is -2.37. The number of hydrogen-bond donors (Lipinski definition) is 1. The van der Waals surface area contributed by atoms with E-state index in [0.29, 0.717) is 0 Å². The van der Waals surface area contributed by atoms with E-state index in [0.717, 1.165) is 38.1 Å². The van der Waals surface area contributed by atoms with Crippen molar-refractivity contribution >= 4 is 0 Å². The second-order valence-electron chi connectivity index (χ2n) is 6.75. The van der Waals surface area contributed by atoms with Crippen LogP contribution in [0.2, 0.25) is 0 Å². The van der Waals surface area contributed by atoms with E-state index in [4.69, 9.17) is 9.97 Å². The molecule has 0 atom stereocenters. The van der Waals surface area contributed by atoms with E-state index in [-0.39, 0.29) is 5.54 Å². The van der Waals surface area contributed by atoms with Crippen molar-refractivity contribution in [1.29, 1.82) is 0 Å². The Labute approximate surface area is 131 Å². The van der Waals surface area contributed by atoms with Crippen molar-refractivity contribution < 1.29 is 0 Å². The molecule has 0 aliphatic rings. The number of aromatic nitrogens is 2. The Kier molecular flexibility index (Phi) is 7.30. The van der Waals surface area contributed by atoms with Crippen molar-refractivity contribution in [2.24, 2.45) is 0 Å². The Balaban J connectivity index is 2.90. The third-order valence-electron chi connectivity index (χ3n) is 3.68. The van der Waals surface area contributed by atoms with Crippen LogP contribution in [0.25, 0.3) is 0 Å². The SMILES string of the molecule is CCCCc1nc(CC)c(CCNC(C)(C)C)c(CC)n1. The van der Waals surface area contributed by atoms with Gasteiger partial charge in [-0.2, -0.15) is 0 Å². The minimum Gasteiger partial charge on any atom is -0.312 e. The summed E-state index contributed by atoms with van der Waals surface area (Å²) >= 11 is 0. The molecule has 1 aromatic rings. The number of nitrogens with one attached hydrogen (secondary N) is 1. The zero-order chi connectivity index (χ0) is 15.9. The molecule has 0 radical (unpaired) electrons. The highest BCUT2D eigenvalue weighted by molar-refractivity contribution is 5.27. The van der Waals surface area contributed by atoms with Crippen molar-refractivity contribution in [2.45, 2.75) is 85.6 Å². The summed E-state index contributed by atoms with van der Waals surface area (Å²) in [6.07, 6.45) is 6.41. The van der Waals surface area contributed by atoms with Gasteiger partial charge in [-0.1, -0.05) is 27.2 Å². The van der Waals surface area contributed by atoms with E-state index in [2.05, 4.69) is 46.9 Å². The monoisotopic (exact) mass is 291 g/mol. The Morgan fingerprint density at radius 3 is 1.90 bits per heavy atom. The molecule has 3 nitrogen and oxygen atoms in total. The van der Waals surface area contributed by atoms with Gasteiger partial charge in [0.15, 0.2) is 0 Å². The molecule has 120 valence electrons. The first-order valence-electron chi connectivity index (χ1n) is 8.53. The third kappa shape index (κ3) is 6.13. The van der Waals surface area contributed by atoms with Crippen molar-refractivity contribution in [3.05, 3.63) is 22.8 Å². The highest BCUT2D eigenvalue weighted by Gasteiger charge is 2.14. The zero-order valence-corrected chi connectivity index (χ0v) is 14.8. The molecule has 21 heavy (non-hydrogen) atoms. The van der Waals surface area contributed by atoms with Gasteiger partial charge in [0, 0.05) is 23.3 Å². The van der Waals surface area contributed by atoms with Crippen LogP contribution >= 0.6 is 0 Å². The molecule has 0 amide bonds. The maximum atomic E-state index is 4.81. The normalized spacial score (nSPS) is 11.9. The third-order valence-corrected chi connectivity index (χ3v) is 3.68. The fourth-order valence-electron chi connectivity index (χ4n) is 2.52. The lowest BCUT2D eigenvalue weighted by atomic mass is 10.0. The number of aryl methyl sites for hydroxylation is 3. The van der Waals surface area contributed by atoms with Crippen molar-refractivity contribution in [3.8, 4) is 0 Å². The fourth-order valence-corrected chi connectivity index (χ4v) is 2.52. The molecule has 0 bridgehead atoms. The Hall–Kier alpha value is -0.960. The highest BCUT2D eigenvalue weighted by Crippen LogP contribution is 2.16. The average molecular weight is 291 g/mol. The molecule has 0 spiro atoms. The molecule has 0 saturated carbocycles. The standard InChI is InChI=1S/C18H33N3/c1-7-10-11-17-20-15(8-2)14(16(9-3)21-17)12-13-19-18(4,5)6/h19H,7-13H2,1-6H3. The molecule has 1 heterocycles. The van der Waals surface area contributed by atoms with Crippen LogP contribution in [0.1, 0.15) is 77.2 Å². The Bertz CT molecular complexity index is 408. The molecular formula is C18H33N3. The number of hydrogen-bond acceptors (Lipinski definition) is 3. The van der Waals surface area contributed by atoms with Crippen molar-refractivity contribution in [1.82, 2.24) is 15.3 Å². The maximum Gasteiger partial charge on any atom is 0.128 e. The summed E-state index contributed by atoms with van der Waals surface area (Å²) in [5.41, 5.74) is 4.05. The second-order valence-corrected chi connectivity index (χ2v) is 6.75. The van der Waals surface area contributed by atoms with Gasteiger partial charge in [0.25, 0.3) is 0 Å². The van der Waals surface area contributed by atoms with Crippen LogP contribution < -0.4 is 5.32 Å². The van der Waals surface area contributed by atoms with Crippen LogP contribution in [0.5, 0.6) is 0 Å². The lowest BCUT2D eigenvalue weighted by Gasteiger charge is -2.21. The van der Waals surface area contributed by atoms with Crippen LogP contribution in [0.15, 0.2) is 0 Å². The summed E-state index contributed by atoms with van der Waals surface area (Å²) in [4.78, 5) is 9.63. The van der Waals surface area contributed by atoms with E-state index in [9.17, 15) is 0 Å². The number of unbranched alkanes of at least 4 members (excludes halogenated alkanes) is 1. The lowest BCUT2D eigenvalue weighted by molar-refractivity contribution is 0.428. The van der Waals surface area contributed by atoms with E-state index < -0.39 is 0 Å². The largest absolute Gasteiger partial charge is 0.312 e. The molecule has 3 heteroatoms. The van der Waals surface area contributed by atoms with Gasteiger partial charge in [0.2, 0.25) is 0 Å². The summed E-state index contributed by atoms with van der Waals surface area (Å²) in [5.74, 6) is 1.04. The van der Waals surface area contributed by atoms with Crippen molar-refractivity contribution in [2.75, 3.05) is 6.54 Å². The fraction of sp³-hybridized carbons (Fsp3) is 0.778. The number of rotatable bonds is 8. The second kappa shape index (κ2) is 8.47. The highest BCUT2D eigenvalue weighted by atomic mass is 14.9. The van der Waals surface area contributed by atoms with E-state index in [1.165, 1.54) is 29.8 Å². The van der Waals surface area contributed by atoms with Gasteiger partial charge in [-0.15, -0.1) is 0 Å². The molecule has 0 aliphatic carbocycles. The summed E-state index contributed by atoms with van der Waals surface area (Å²) in [5, 5.41) is 3.57. The van der Waals surface area contributed by atoms with Gasteiger partial charge < -0.3 is 5.32 Å². The summed E-state index contributed by atoms with van der Waals surface area (Å²) in [6, 6.07) is 0. The summed E-state index contributed by atoms with van der Waals surface area (Å²) in [6.45, 7) is 14.2. The first-order valence-corrected chi connectivity index (χ1v) is 8.53. The minimum absolute atomic E-state index is 0.167. The molecule has 1 N–H and O–H groups in total. The van der Waals surface area contributed by atoms with Crippen LogP contribution in [-0.4, -0.2) is 22.1 Å². The molecule has 0 aliphatic heterocycles. The predicted octanol–water partition coefficient (Wildman–Crippen LogP) is 3.87. The smallest absolute Gasteiger partial charge is 0.128 e. The van der Waals surface area contributed by atoms with Crippen LogP contribution in [0.3, 0.4) is 0 Å². The van der Waals surface area contributed by atoms with Crippen LogP contribution in [-0.2, 0) is 25.7 Å². The van der Waals surface area contributed by atoms with Gasteiger partial charge in [-0.05, 0) is 58.6 Å². The van der Waals surface area contributed by atoms with Gasteiger partial charge in [0.1, 0.15) is 5.82 Å². The molecule has 0 aromatic carbocycles. The quantitative estimate of drug-likeness (QED) is 0.790. The van der Waals surface area contributed by atoms with Crippen molar-refractivity contribution in [3.63, 3.8) is 0 Å². The molecule has 1 aromatic heterocycles. The van der Waals surface area contributed by atoms with Gasteiger partial charge in [-0.3, -0.25) is 0 Å². The summed E-state index contributed by atoms with van der Waals surface area (Å²) in [7, 11) is 0. The first-order chi connectivity index (χ1) is 9.91. The average Bonchev–Trinajstić information content (AvgIpc) is 2.44. The Morgan fingerprint density at radius 1 is 0.905 bits per heavy atom. The minimum atomic E-state index is 0.167. The van der Waals surface area contributed by atoms with Crippen LogP contribution in [0, 0.1) is 0 Å².